The van der Waals surface area contributed by atoms with E-state index in [1.54, 1.807) is 12.1 Å². The third-order valence-corrected chi connectivity index (χ3v) is 3.38. The topological polar surface area (TPSA) is 34.1 Å². The number of hydrogen-bond donors (Lipinski definition) is 0. The lowest BCUT2D eigenvalue weighted by Gasteiger charge is -2.06. The number of carbonyl (C=O) groups is 2. The highest BCUT2D eigenvalue weighted by molar-refractivity contribution is 5.94. The van der Waals surface area contributed by atoms with Crippen molar-refractivity contribution in [3.05, 3.63) is 70.8 Å². The van der Waals surface area contributed by atoms with Gasteiger partial charge in [0.05, 0.1) is 0 Å². The molecule has 0 saturated heterocycles. The molecule has 2 heteroatoms. The van der Waals surface area contributed by atoms with E-state index in [0.29, 0.717) is 18.4 Å². The van der Waals surface area contributed by atoms with Crippen LogP contribution in [0.1, 0.15) is 34.0 Å². The molecule has 0 aliphatic carbocycles. The highest BCUT2D eigenvalue weighted by atomic mass is 16.1. The maximum atomic E-state index is 12.1. The van der Waals surface area contributed by atoms with Crippen molar-refractivity contribution >= 4 is 11.6 Å². The summed E-state index contributed by atoms with van der Waals surface area (Å²) in [5.41, 5.74) is 3.76. The summed E-state index contributed by atoms with van der Waals surface area (Å²) in [6.07, 6.45) is 0.812. The normalized spacial score (nSPS) is 10.3. The van der Waals surface area contributed by atoms with Crippen LogP contribution in [0.25, 0.3) is 0 Å². The van der Waals surface area contributed by atoms with Crippen molar-refractivity contribution in [1.29, 1.82) is 0 Å². The molecule has 0 radical (unpaired) electrons. The van der Waals surface area contributed by atoms with Gasteiger partial charge in [0.1, 0.15) is 5.78 Å². The molecule has 2 nitrogen and oxygen atoms in total. The van der Waals surface area contributed by atoms with Crippen molar-refractivity contribution in [1.82, 2.24) is 0 Å². The standard InChI is InChI=1S/C18H18O2/c1-13-6-3-4-8-16(13)12-18(20)11-15-7-5-9-17(10-15)14(2)19/h3-10H,11-12H2,1-2H3. The van der Waals surface area contributed by atoms with Gasteiger partial charge in [0.2, 0.25) is 0 Å². The van der Waals surface area contributed by atoms with Gasteiger partial charge in [-0.1, -0.05) is 42.5 Å². The Balaban J connectivity index is 2.07. The maximum absolute atomic E-state index is 12.1. The maximum Gasteiger partial charge on any atom is 0.159 e. The molecule has 2 aromatic rings. The first-order chi connectivity index (χ1) is 9.56. The van der Waals surface area contributed by atoms with Crippen LogP contribution < -0.4 is 0 Å². The fourth-order valence-corrected chi connectivity index (χ4v) is 2.21. The van der Waals surface area contributed by atoms with Gasteiger partial charge in [-0.25, -0.2) is 0 Å². The fourth-order valence-electron chi connectivity index (χ4n) is 2.21. The number of Topliss-reactive ketones (excluding diaryl/α,β-unsaturated/α-hetero) is 2. The largest absolute Gasteiger partial charge is 0.299 e. The molecular formula is C18H18O2. The quantitative estimate of drug-likeness (QED) is 0.775. The molecule has 20 heavy (non-hydrogen) atoms. The first kappa shape index (κ1) is 14.2. The Morgan fingerprint density at radius 1 is 0.950 bits per heavy atom. The summed E-state index contributed by atoms with van der Waals surface area (Å²) in [6.45, 7) is 3.55. The van der Waals surface area contributed by atoms with E-state index < -0.39 is 0 Å². The van der Waals surface area contributed by atoms with Crippen LogP contribution in [0.15, 0.2) is 48.5 Å². The van der Waals surface area contributed by atoms with E-state index in [4.69, 9.17) is 0 Å². The summed E-state index contributed by atoms with van der Waals surface area (Å²) in [7, 11) is 0. The van der Waals surface area contributed by atoms with Gasteiger partial charge in [0, 0.05) is 18.4 Å². The molecule has 0 unspecified atom stereocenters. The van der Waals surface area contributed by atoms with Gasteiger partial charge < -0.3 is 0 Å². The molecule has 0 amide bonds. The van der Waals surface area contributed by atoms with Crippen LogP contribution in [-0.2, 0) is 17.6 Å². The molecule has 2 aromatic carbocycles. The van der Waals surface area contributed by atoms with E-state index in [0.717, 1.165) is 16.7 Å². The van der Waals surface area contributed by atoms with E-state index in [2.05, 4.69) is 0 Å². The summed E-state index contributed by atoms with van der Waals surface area (Å²) in [5.74, 6) is 0.193. The van der Waals surface area contributed by atoms with Crippen molar-refractivity contribution in [3.63, 3.8) is 0 Å². The Kier molecular flexibility index (Phi) is 4.46. The average molecular weight is 266 g/mol. The highest BCUT2D eigenvalue weighted by Crippen LogP contribution is 2.11. The number of aryl methyl sites for hydroxylation is 1. The molecule has 0 fully saturated rings. The Bertz CT molecular complexity index is 641. The average Bonchev–Trinajstić information content (AvgIpc) is 2.41. The Morgan fingerprint density at radius 3 is 2.40 bits per heavy atom. The van der Waals surface area contributed by atoms with Crippen molar-refractivity contribution in [2.75, 3.05) is 0 Å². The first-order valence-corrected chi connectivity index (χ1v) is 6.72. The summed E-state index contributed by atoms with van der Waals surface area (Å²) < 4.78 is 0. The minimum absolute atomic E-state index is 0.0261. The third kappa shape index (κ3) is 3.64. The Labute approximate surface area is 119 Å². The second-order valence-electron chi connectivity index (χ2n) is 5.08. The predicted molar refractivity (Wildman–Crippen MR) is 80.0 cm³/mol. The van der Waals surface area contributed by atoms with Crippen LogP contribution in [0, 0.1) is 6.92 Å². The van der Waals surface area contributed by atoms with Crippen LogP contribution in [-0.4, -0.2) is 11.6 Å². The van der Waals surface area contributed by atoms with Crippen LogP contribution in [0.2, 0.25) is 0 Å². The lowest BCUT2D eigenvalue weighted by atomic mass is 9.98. The van der Waals surface area contributed by atoms with Gasteiger partial charge in [-0.05, 0) is 36.6 Å². The lowest BCUT2D eigenvalue weighted by Crippen LogP contribution is -2.08. The smallest absolute Gasteiger partial charge is 0.159 e. The monoisotopic (exact) mass is 266 g/mol. The van der Waals surface area contributed by atoms with Gasteiger partial charge in [-0.2, -0.15) is 0 Å². The van der Waals surface area contributed by atoms with Crippen molar-refractivity contribution in [3.8, 4) is 0 Å². The number of hydrogen-bond acceptors (Lipinski definition) is 2. The van der Waals surface area contributed by atoms with E-state index in [1.165, 1.54) is 6.92 Å². The SMILES string of the molecule is CC(=O)c1cccc(CC(=O)Cc2ccccc2C)c1. The van der Waals surface area contributed by atoms with Gasteiger partial charge >= 0.3 is 0 Å². The van der Waals surface area contributed by atoms with Crippen LogP contribution in [0.4, 0.5) is 0 Å². The molecular weight excluding hydrogens is 248 g/mol. The number of rotatable bonds is 5. The fraction of sp³-hybridized carbons (Fsp3) is 0.222. The van der Waals surface area contributed by atoms with Crippen molar-refractivity contribution in [2.45, 2.75) is 26.7 Å². The predicted octanol–water partition coefficient (Wildman–Crippen LogP) is 3.55. The molecule has 102 valence electrons. The minimum Gasteiger partial charge on any atom is -0.299 e. The van der Waals surface area contributed by atoms with Crippen LogP contribution in [0.5, 0.6) is 0 Å². The molecule has 0 heterocycles. The Morgan fingerprint density at radius 2 is 1.70 bits per heavy atom. The highest BCUT2D eigenvalue weighted by Gasteiger charge is 2.08. The zero-order valence-electron chi connectivity index (χ0n) is 11.8. The van der Waals surface area contributed by atoms with Crippen LogP contribution >= 0.6 is 0 Å². The molecule has 0 aliphatic heterocycles. The van der Waals surface area contributed by atoms with Gasteiger partial charge in [0.15, 0.2) is 5.78 Å². The summed E-state index contributed by atoms with van der Waals surface area (Å²) in [6, 6.07) is 15.2. The van der Waals surface area contributed by atoms with E-state index >= 15 is 0 Å². The molecule has 0 aromatic heterocycles. The molecule has 0 saturated carbocycles. The number of benzene rings is 2. The lowest BCUT2D eigenvalue weighted by molar-refractivity contribution is -0.117. The van der Waals surface area contributed by atoms with Crippen molar-refractivity contribution in [2.24, 2.45) is 0 Å². The summed E-state index contributed by atoms with van der Waals surface area (Å²) in [5, 5.41) is 0. The van der Waals surface area contributed by atoms with E-state index in [9.17, 15) is 9.59 Å². The zero-order chi connectivity index (χ0) is 14.5. The number of ketones is 2. The second-order valence-corrected chi connectivity index (χ2v) is 5.08. The van der Waals surface area contributed by atoms with E-state index in [-0.39, 0.29) is 11.6 Å². The van der Waals surface area contributed by atoms with Gasteiger partial charge in [-0.15, -0.1) is 0 Å². The van der Waals surface area contributed by atoms with Crippen molar-refractivity contribution < 1.29 is 9.59 Å². The zero-order valence-corrected chi connectivity index (χ0v) is 11.8. The summed E-state index contributed by atoms with van der Waals surface area (Å²) >= 11 is 0. The molecule has 0 aliphatic rings. The van der Waals surface area contributed by atoms with E-state index in [1.807, 2.05) is 43.3 Å². The first-order valence-electron chi connectivity index (χ1n) is 6.72. The Hall–Kier alpha value is -2.22. The summed E-state index contributed by atoms with van der Waals surface area (Å²) in [4.78, 5) is 23.5. The third-order valence-electron chi connectivity index (χ3n) is 3.38. The molecule has 0 spiro atoms. The minimum atomic E-state index is 0.0261. The number of carbonyl (C=O) groups excluding carboxylic acids is 2. The molecule has 2 rings (SSSR count). The van der Waals surface area contributed by atoms with Crippen LogP contribution in [0.3, 0.4) is 0 Å². The molecule has 0 bridgehead atoms. The van der Waals surface area contributed by atoms with Gasteiger partial charge in [-0.3, -0.25) is 9.59 Å². The van der Waals surface area contributed by atoms with Gasteiger partial charge in [0.25, 0.3) is 0 Å². The molecule has 0 atom stereocenters. The second kappa shape index (κ2) is 6.29. The molecule has 0 N–H and O–H groups in total.